The van der Waals surface area contributed by atoms with E-state index in [-0.39, 0.29) is 17.8 Å². The van der Waals surface area contributed by atoms with Crippen molar-refractivity contribution in [2.75, 3.05) is 45.4 Å². The van der Waals surface area contributed by atoms with E-state index in [1.807, 2.05) is 11.0 Å². The second kappa shape index (κ2) is 9.46. The number of rotatable bonds is 7. The largest absolute Gasteiger partial charge is 0.493 e. The van der Waals surface area contributed by atoms with Crippen LogP contribution < -0.4 is 14.4 Å². The monoisotopic (exact) mass is 465 g/mol. The summed E-state index contributed by atoms with van der Waals surface area (Å²) in [5, 5.41) is 0.843. The van der Waals surface area contributed by atoms with Gasteiger partial charge >= 0.3 is 0 Å². The second-order valence-corrected chi connectivity index (χ2v) is 8.61. The van der Waals surface area contributed by atoms with E-state index >= 15 is 0 Å². The fourth-order valence-corrected chi connectivity index (χ4v) is 4.49. The summed E-state index contributed by atoms with van der Waals surface area (Å²) in [6.07, 6.45) is 1.91. The molecule has 8 heteroatoms. The Morgan fingerprint density at radius 1 is 1.15 bits per heavy atom. The van der Waals surface area contributed by atoms with Crippen molar-refractivity contribution in [1.82, 2.24) is 9.88 Å². The standard InChI is InChI=1S/C26H28FN3O4/c1-32-23-5-3-4-21(24(23)33-2)26(31)30(20-8-9-20)16-18-14-17-6-7-19(27)15-22(17)28-25(18)29-10-12-34-13-11-29/h3-7,14-15,20H,8-13,16H2,1-2H3. The average molecular weight is 466 g/mol. The van der Waals surface area contributed by atoms with Crippen molar-refractivity contribution in [3.05, 3.63) is 59.4 Å². The molecule has 1 aliphatic heterocycles. The first-order chi connectivity index (χ1) is 16.6. The summed E-state index contributed by atoms with van der Waals surface area (Å²) in [6, 6.07) is 12.1. The fraction of sp³-hybridized carbons (Fsp3) is 0.385. The van der Waals surface area contributed by atoms with Crippen LogP contribution >= 0.6 is 0 Å². The molecule has 2 heterocycles. The van der Waals surface area contributed by atoms with Crippen LogP contribution in [0.3, 0.4) is 0 Å². The summed E-state index contributed by atoms with van der Waals surface area (Å²) >= 11 is 0. The Hall–Kier alpha value is -3.39. The summed E-state index contributed by atoms with van der Waals surface area (Å²) in [5.41, 5.74) is 2.00. The Morgan fingerprint density at radius 2 is 1.94 bits per heavy atom. The van der Waals surface area contributed by atoms with Crippen LogP contribution in [-0.2, 0) is 11.3 Å². The number of amides is 1. The number of halogens is 1. The third kappa shape index (κ3) is 4.37. The maximum atomic E-state index is 13.9. The smallest absolute Gasteiger partial charge is 0.258 e. The van der Waals surface area contributed by atoms with Crippen LogP contribution in [0.5, 0.6) is 11.5 Å². The van der Waals surface area contributed by atoms with E-state index in [1.54, 1.807) is 38.5 Å². The highest BCUT2D eigenvalue weighted by Crippen LogP contribution is 2.37. The summed E-state index contributed by atoms with van der Waals surface area (Å²) in [7, 11) is 3.10. The number of para-hydroxylation sites is 1. The first-order valence-corrected chi connectivity index (χ1v) is 11.5. The number of anilines is 1. The van der Waals surface area contributed by atoms with E-state index in [4.69, 9.17) is 19.2 Å². The van der Waals surface area contributed by atoms with Crippen LogP contribution in [0.4, 0.5) is 10.2 Å². The average Bonchev–Trinajstić information content (AvgIpc) is 3.71. The molecular formula is C26H28FN3O4. The molecule has 3 aromatic rings. The number of hydrogen-bond acceptors (Lipinski definition) is 6. The Balaban J connectivity index is 1.55. The van der Waals surface area contributed by atoms with E-state index in [1.165, 1.54) is 12.1 Å². The highest BCUT2D eigenvalue weighted by atomic mass is 19.1. The lowest BCUT2D eigenvalue weighted by molar-refractivity contribution is 0.0725. The molecule has 1 saturated carbocycles. The van der Waals surface area contributed by atoms with Crippen molar-refractivity contribution in [1.29, 1.82) is 0 Å². The highest BCUT2D eigenvalue weighted by molar-refractivity contribution is 5.98. The normalized spacial score (nSPS) is 15.9. The Labute approximate surface area is 198 Å². The van der Waals surface area contributed by atoms with E-state index in [9.17, 15) is 9.18 Å². The number of fused-ring (bicyclic) bond motifs is 1. The van der Waals surface area contributed by atoms with Gasteiger partial charge in [-0.3, -0.25) is 4.79 Å². The molecule has 1 amide bonds. The lowest BCUT2D eigenvalue weighted by Crippen LogP contribution is -2.38. The molecule has 5 rings (SSSR count). The van der Waals surface area contributed by atoms with Gasteiger partial charge in [0.05, 0.1) is 38.5 Å². The number of carbonyl (C=O) groups is 1. The van der Waals surface area contributed by atoms with Crippen molar-refractivity contribution >= 4 is 22.6 Å². The van der Waals surface area contributed by atoms with Gasteiger partial charge in [-0.05, 0) is 43.2 Å². The molecule has 34 heavy (non-hydrogen) atoms. The molecule has 0 bridgehead atoms. The van der Waals surface area contributed by atoms with Gasteiger partial charge in [-0.15, -0.1) is 0 Å². The minimum atomic E-state index is -0.319. The topological polar surface area (TPSA) is 64.1 Å². The zero-order valence-corrected chi connectivity index (χ0v) is 19.4. The predicted octanol–water partition coefficient (Wildman–Crippen LogP) is 4.03. The number of hydrogen-bond donors (Lipinski definition) is 0. The van der Waals surface area contributed by atoms with E-state index in [0.29, 0.717) is 55.4 Å². The van der Waals surface area contributed by atoms with Crippen LogP contribution in [0.15, 0.2) is 42.5 Å². The summed E-state index contributed by atoms with van der Waals surface area (Å²) in [6.45, 7) is 3.00. The van der Waals surface area contributed by atoms with Gasteiger partial charge in [-0.1, -0.05) is 6.07 Å². The molecule has 0 N–H and O–H groups in total. The summed E-state index contributed by atoms with van der Waals surface area (Å²) in [4.78, 5) is 22.6. The van der Waals surface area contributed by atoms with E-state index in [2.05, 4.69) is 4.90 Å². The molecule has 0 radical (unpaired) electrons. The lowest BCUT2D eigenvalue weighted by Gasteiger charge is -2.31. The molecule has 1 saturated heterocycles. The molecular weight excluding hydrogens is 437 g/mol. The molecule has 0 spiro atoms. The van der Waals surface area contributed by atoms with Crippen LogP contribution in [0, 0.1) is 5.82 Å². The zero-order valence-electron chi connectivity index (χ0n) is 19.4. The van der Waals surface area contributed by atoms with Crippen LogP contribution in [0.1, 0.15) is 28.8 Å². The molecule has 7 nitrogen and oxygen atoms in total. The Kier molecular flexibility index (Phi) is 6.24. The highest BCUT2D eigenvalue weighted by Gasteiger charge is 2.35. The second-order valence-electron chi connectivity index (χ2n) is 8.61. The summed E-state index contributed by atoms with van der Waals surface area (Å²) < 4.78 is 30.4. The van der Waals surface area contributed by atoms with Gasteiger partial charge in [0, 0.05) is 42.7 Å². The predicted molar refractivity (Wildman–Crippen MR) is 127 cm³/mol. The fourth-order valence-electron chi connectivity index (χ4n) is 4.49. The number of pyridine rings is 1. The third-order valence-electron chi connectivity index (χ3n) is 6.37. The summed E-state index contributed by atoms with van der Waals surface area (Å²) in [5.74, 6) is 1.30. The molecule has 2 fully saturated rings. The molecule has 1 aromatic heterocycles. The number of nitrogens with zero attached hydrogens (tertiary/aromatic N) is 3. The first-order valence-electron chi connectivity index (χ1n) is 11.5. The van der Waals surface area contributed by atoms with Gasteiger partial charge in [-0.25, -0.2) is 9.37 Å². The minimum absolute atomic E-state index is 0.106. The molecule has 178 valence electrons. The molecule has 2 aliphatic rings. The van der Waals surface area contributed by atoms with Gasteiger partial charge in [-0.2, -0.15) is 0 Å². The van der Waals surface area contributed by atoms with Crippen LogP contribution in [0.25, 0.3) is 10.9 Å². The lowest BCUT2D eigenvalue weighted by atomic mass is 10.1. The van der Waals surface area contributed by atoms with Gasteiger partial charge in [0.15, 0.2) is 11.5 Å². The van der Waals surface area contributed by atoms with Crippen molar-refractivity contribution in [3.8, 4) is 11.5 Å². The molecule has 1 aliphatic carbocycles. The zero-order chi connectivity index (χ0) is 23.7. The van der Waals surface area contributed by atoms with Gasteiger partial charge in [0.25, 0.3) is 5.91 Å². The van der Waals surface area contributed by atoms with E-state index < -0.39 is 0 Å². The number of aromatic nitrogens is 1. The van der Waals surface area contributed by atoms with Crippen LogP contribution in [-0.4, -0.2) is 62.4 Å². The Bertz CT molecular complexity index is 1210. The number of carbonyl (C=O) groups excluding carboxylic acids is 1. The first kappa shape index (κ1) is 22.4. The van der Waals surface area contributed by atoms with Crippen molar-refractivity contribution in [3.63, 3.8) is 0 Å². The molecule has 0 atom stereocenters. The van der Waals surface area contributed by atoms with Crippen molar-refractivity contribution in [2.45, 2.75) is 25.4 Å². The maximum Gasteiger partial charge on any atom is 0.258 e. The van der Waals surface area contributed by atoms with Crippen LogP contribution in [0.2, 0.25) is 0 Å². The van der Waals surface area contributed by atoms with Crippen molar-refractivity contribution < 1.29 is 23.4 Å². The van der Waals surface area contributed by atoms with E-state index in [0.717, 1.165) is 29.6 Å². The van der Waals surface area contributed by atoms with Gasteiger partial charge in [0.1, 0.15) is 11.6 Å². The maximum absolute atomic E-state index is 13.9. The molecule has 2 aromatic carbocycles. The minimum Gasteiger partial charge on any atom is -0.493 e. The SMILES string of the molecule is COc1cccc(C(=O)N(Cc2cc3ccc(F)cc3nc2N2CCOCC2)C2CC2)c1OC. The van der Waals surface area contributed by atoms with Gasteiger partial charge < -0.3 is 24.0 Å². The molecule has 0 unspecified atom stereocenters. The van der Waals surface area contributed by atoms with Gasteiger partial charge in [0.2, 0.25) is 0 Å². The third-order valence-corrected chi connectivity index (χ3v) is 6.37. The number of methoxy groups -OCH3 is 2. The van der Waals surface area contributed by atoms with Crippen molar-refractivity contribution in [2.24, 2.45) is 0 Å². The number of benzene rings is 2. The quantitative estimate of drug-likeness (QED) is 0.525. The Morgan fingerprint density at radius 3 is 2.65 bits per heavy atom. The number of morpholine rings is 1. The number of ether oxygens (including phenoxy) is 3.